The Bertz CT molecular complexity index is 410. The van der Waals surface area contributed by atoms with E-state index < -0.39 is 10.8 Å². The Kier molecular flexibility index (Phi) is 5.20. The van der Waals surface area contributed by atoms with Crippen LogP contribution >= 0.6 is 12.4 Å². The molecule has 0 aliphatic carbocycles. The summed E-state index contributed by atoms with van der Waals surface area (Å²) in [5.74, 6) is 4.51. The van der Waals surface area contributed by atoms with Gasteiger partial charge in [0.15, 0.2) is 0 Å². The number of amides is 1. The van der Waals surface area contributed by atoms with Crippen molar-refractivity contribution >= 4 is 24.0 Å². The summed E-state index contributed by atoms with van der Waals surface area (Å²) in [6.45, 7) is 0. The second kappa shape index (κ2) is 5.89. The second-order valence-electron chi connectivity index (χ2n) is 2.62. The van der Waals surface area contributed by atoms with Crippen LogP contribution in [0.2, 0.25) is 0 Å². The lowest BCUT2D eigenvalue weighted by atomic mass is 10.1. The largest absolute Gasteiger partial charge is 0.496 e. The van der Waals surface area contributed by atoms with Crippen LogP contribution in [0.5, 0.6) is 5.75 Å². The van der Waals surface area contributed by atoms with Crippen LogP contribution in [0.25, 0.3) is 0 Å². The van der Waals surface area contributed by atoms with E-state index >= 15 is 0 Å². The Morgan fingerprint density at radius 2 is 2.19 bits per heavy atom. The average molecular weight is 248 g/mol. The second-order valence-corrected chi connectivity index (χ2v) is 2.62. The van der Waals surface area contributed by atoms with Crippen molar-refractivity contribution in [1.29, 1.82) is 0 Å². The standard InChI is InChI=1S/C8H9N3O4.ClH/c1-15-7-3-2-5(11(13)14)4-6(7)8(12)10-9;/h2-4H,9H2,1H3,(H,10,12);1H. The van der Waals surface area contributed by atoms with Gasteiger partial charge in [0.2, 0.25) is 0 Å². The maximum absolute atomic E-state index is 11.2. The minimum atomic E-state index is -0.643. The van der Waals surface area contributed by atoms with Gasteiger partial charge >= 0.3 is 0 Å². The molecule has 16 heavy (non-hydrogen) atoms. The van der Waals surface area contributed by atoms with E-state index in [0.717, 1.165) is 6.07 Å². The van der Waals surface area contributed by atoms with Gasteiger partial charge in [-0.05, 0) is 6.07 Å². The summed E-state index contributed by atoms with van der Waals surface area (Å²) in [6.07, 6.45) is 0. The summed E-state index contributed by atoms with van der Waals surface area (Å²) >= 11 is 0. The maximum Gasteiger partial charge on any atom is 0.270 e. The molecule has 0 saturated carbocycles. The van der Waals surface area contributed by atoms with Gasteiger partial charge in [0.25, 0.3) is 11.6 Å². The number of nitro benzene ring substituents is 1. The number of hydrogen-bond acceptors (Lipinski definition) is 5. The molecule has 0 heterocycles. The summed E-state index contributed by atoms with van der Waals surface area (Å²) in [4.78, 5) is 21.1. The summed E-state index contributed by atoms with van der Waals surface area (Å²) in [5, 5.41) is 10.5. The lowest BCUT2D eigenvalue weighted by Crippen LogP contribution is -2.30. The van der Waals surface area contributed by atoms with Gasteiger partial charge in [0.05, 0.1) is 17.6 Å². The Hall–Kier alpha value is -1.86. The molecule has 1 amide bonds. The first-order chi connectivity index (χ1) is 7.10. The number of ether oxygens (including phenoxy) is 1. The smallest absolute Gasteiger partial charge is 0.270 e. The first-order valence-corrected chi connectivity index (χ1v) is 3.93. The SMILES string of the molecule is COc1ccc([N+](=O)[O-])cc1C(=O)NN.Cl. The van der Waals surface area contributed by atoms with E-state index in [9.17, 15) is 14.9 Å². The van der Waals surface area contributed by atoms with Gasteiger partial charge in [-0.3, -0.25) is 20.3 Å². The van der Waals surface area contributed by atoms with E-state index in [2.05, 4.69) is 0 Å². The van der Waals surface area contributed by atoms with Gasteiger partial charge in [-0.2, -0.15) is 0 Å². The van der Waals surface area contributed by atoms with E-state index in [1.165, 1.54) is 19.2 Å². The number of nitrogen functional groups attached to an aromatic ring is 1. The highest BCUT2D eigenvalue weighted by Gasteiger charge is 2.16. The molecule has 88 valence electrons. The highest BCUT2D eigenvalue weighted by atomic mass is 35.5. The zero-order valence-corrected chi connectivity index (χ0v) is 9.11. The lowest BCUT2D eigenvalue weighted by Gasteiger charge is -2.06. The number of halogens is 1. The van der Waals surface area contributed by atoms with Gasteiger partial charge in [0, 0.05) is 12.1 Å². The van der Waals surface area contributed by atoms with Crippen LogP contribution in [0.4, 0.5) is 5.69 Å². The number of non-ortho nitro benzene ring substituents is 1. The molecular weight excluding hydrogens is 238 g/mol. The number of carbonyl (C=O) groups is 1. The molecule has 0 saturated heterocycles. The predicted octanol–water partition coefficient (Wildman–Crippen LogP) is 0.629. The molecule has 0 atom stereocenters. The number of nitro groups is 1. The molecule has 0 aromatic heterocycles. The molecule has 3 N–H and O–H groups in total. The van der Waals surface area contributed by atoms with Crippen molar-refractivity contribution in [1.82, 2.24) is 5.43 Å². The van der Waals surface area contributed by atoms with Crippen LogP contribution in [-0.4, -0.2) is 17.9 Å². The van der Waals surface area contributed by atoms with E-state index in [1.54, 1.807) is 0 Å². The van der Waals surface area contributed by atoms with Gasteiger partial charge in [0.1, 0.15) is 5.75 Å². The molecule has 0 aliphatic heterocycles. The van der Waals surface area contributed by atoms with Crippen molar-refractivity contribution in [3.05, 3.63) is 33.9 Å². The molecule has 1 aromatic rings. The average Bonchev–Trinajstić information content (AvgIpc) is 2.27. The number of carbonyl (C=O) groups excluding carboxylic acids is 1. The monoisotopic (exact) mass is 247 g/mol. The van der Waals surface area contributed by atoms with Crippen LogP contribution in [0.3, 0.4) is 0 Å². The van der Waals surface area contributed by atoms with E-state index in [4.69, 9.17) is 10.6 Å². The molecule has 0 unspecified atom stereocenters. The number of methoxy groups -OCH3 is 1. The number of nitrogens with two attached hydrogens (primary N) is 1. The third kappa shape index (κ3) is 2.81. The van der Waals surface area contributed by atoms with Crippen LogP contribution in [0.1, 0.15) is 10.4 Å². The highest BCUT2D eigenvalue weighted by molar-refractivity contribution is 5.97. The molecule has 0 spiro atoms. The molecule has 1 rings (SSSR count). The first kappa shape index (κ1) is 14.1. The first-order valence-electron chi connectivity index (χ1n) is 3.93. The molecule has 8 heteroatoms. The van der Waals surface area contributed by atoms with Crippen molar-refractivity contribution in [3.63, 3.8) is 0 Å². The number of hydrogen-bond donors (Lipinski definition) is 2. The molecule has 0 aliphatic rings. The summed E-state index contributed by atoms with van der Waals surface area (Å²) in [6, 6.07) is 3.68. The molecule has 0 bridgehead atoms. The fourth-order valence-corrected chi connectivity index (χ4v) is 1.06. The van der Waals surface area contributed by atoms with Crippen molar-refractivity contribution in [2.45, 2.75) is 0 Å². The maximum atomic E-state index is 11.2. The number of nitrogens with zero attached hydrogens (tertiary/aromatic N) is 1. The van der Waals surface area contributed by atoms with Crippen LogP contribution < -0.4 is 16.0 Å². The normalized spacial score (nSPS) is 8.88. The summed E-state index contributed by atoms with van der Waals surface area (Å²) in [7, 11) is 1.36. The van der Waals surface area contributed by atoms with Crippen molar-refractivity contribution in [2.75, 3.05) is 7.11 Å². The molecular formula is C8H10ClN3O4. The Morgan fingerprint density at radius 1 is 1.56 bits per heavy atom. The highest BCUT2D eigenvalue weighted by Crippen LogP contribution is 2.23. The molecule has 1 aromatic carbocycles. The van der Waals surface area contributed by atoms with Crippen molar-refractivity contribution < 1.29 is 14.5 Å². The fourth-order valence-electron chi connectivity index (χ4n) is 1.06. The van der Waals surface area contributed by atoms with Gasteiger partial charge in [-0.1, -0.05) is 0 Å². The van der Waals surface area contributed by atoms with E-state index in [1.807, 2.05) is 5.43 Å². The number of nitrogens with one attached hydrogen (secondary N) is 1. The Morgan fingerprint density at radius 3 is 2.62 bits per heavy atom. The minimum absolute atomic E-state index is 0. The fraction of sp³-hybridized carbons (Fsp3) is 0.125. The number of rotatable bonds is 3. The lowest BCUT2D eigenvalue weighted by molar-refractivity contribution is -0.384. The zero-order chi connectivity index (χ0) is 11.4. The topological polar surface area (TPSA) is 107 Å². The van der Waals surface area contributed by atoms with Crippen molar-refractivity contribution in [3.8, 4) is 5.75 Å². The van der Waals surface area contributed by atoms with Crippen LogP contribution in [0, 0.1) is 10.1 Å². The van der Waals surface area contributed by atoms with E-state index in [0.29, 0.717) is 0 Å². The third-order valence-corrected chi connectivity index (χ3v) is 1.77. The van der Waals surface area contributed by atoms with Crippen molar-refractivity contribution in [2.24, 2.45) is 5.84 Å². The third-order valence-electron chi connectivity index (χ3n) is 1.77. The number of hydrazine groups is 1. The van der Waals surface area contributed by atoms with Crippen LogP contribution in [0.15, 0.2) is 18.2 Å². The number of benzene rings is 1. The molecule has 0 fully saturated rings. The van der Waals surface area contributed by atoms with E-state index in [-0.39, 0.29) is 29.4 Å². The predicted molar refractivity (Wildman–Crippen MR) is 58.6 cm³/mol. The summed E-state index contributed by atoms with van der Waals surface area (Å²) < 4.78 is 4.86. The molecule has 0 radical (unpaired) electrons. The summed E-state index contributed by atoms with van der Waals surface area (Å²) in [5.41, 5.74) is 1.70. The van der Waals surface area contributed by atoms with Gasteiger partial charge < -0.3 is 4.74 Å². The Labute approximate surface area is 97.1 Å². The quantitative estimate of drug-likeness (QED) is 0.352. The van der Waals surface area contributed by atoms with Crippen LogP contribution in [-0.2, 0) is 0 Å². The zero-order valence-electron chi connectivity index (χ0n) is 8.30. The molecule has 7 nitrogen and oxygen atoms in total. The Balaban J connectivity index is 0.00000225. The minimum Gasteiger partial charge on any atom is -0.496 e. The van der Waals surface area contributed by atoms with Gasteiger partial charge in [-0.15, -0.1) is 12.4 Å². The van der Waals surface area contributed by atoms with Gasteiger partial charge in [-0.25, -0.2) is 5.84 Å².